The van der Waals surface area contributed by atoms with Gasteiger partial charge < -0.3 is 0 Å². The van der Waals surface area contributed by atoms with E-state index in [2.05, 4.69) is 43.1 Å². The Balaban J connectivity index is 1.98. The number of hydrogen-bond donors (Lipinski definition) is 0. The predicted molar refractivity (Wildman–Crippen MR) is 59.2 cm³/mol. The molecule has 0 spiro atoms. The maximum atomic E-state index is 2.51. The van der Waals surface area contributed by atoms with Gasteiger partial charge in [-0.3, -0.25) is 0 Å². The van der Waals surface area contributed by atoms with E-state index in [0.29, 0.717) is 17.1 Å². The van der Waals surface area contributed by atoms with Crippen LogP contribution in [0.2, 0.25) is 9.53 Å². The average Bonchev–Trinajstić information content (AvgIpc) is 2.71. The van der Waals surface area contributed by atoms with E-state index in [1.54, 1.807) is 0 Å². The van der Waals surface area contributed by atoms with Crippen molar-refractivity contribution >= 4 is 0 Å². The molecule has 1 aliphatic carbocycles. The van der Waals surface area contributed by atoms with Gasteiger partial charge in [-0.25, -0.2) is 0 Å². The maximum absolute atomic E-state index is 2.51. The van der Waals surface area contributed by atoms with E-state index in [0.717, 1.165) is 4.51 Å². The third-order valence-corrected chi connectivity index (χ3v) is 5.06. The molecule has 0 radical (unpaired) electrons. The zero-order valence-electron chi connectivity index (χ0n) is 9.22. The Labute approximate surface area is 95.8 Å². The summed E-state index contributed by atoms with van der Waals surface area (Å²) < 4.78 is 0.818. The summed E-state index contributed by atoms with van der Waals surface area (Å²) >= 11 is 0.551. The van der Waals surface area contributed by atoms with Crippen LogP contribution < -0.4 is 0 Å². The van der Waals surface area contributed by atoms with Crippen LogP contribution in [-0.4, -0.2) is 24.5 Å². The predicted octanol–water partition coefficient (Wildman–Crippen LogP) is 3.13. The molecule has 0 heterocycles. The van der Waals surface area contributed by atoms with Crippen LogP contribution in [0.5, 0.6) is 0 Å². The summed E-state index contributed by atoms with van der Waals surface area (Å²) in [4.78, 5) is 2.51. The Hall–Kier alpha value is 0.0634. The molecular weight excluding hydrogens is 259 g/mol. The zero-order valence-corrected chi connectivity index (χ0v) is 11.0. The van der Waals surface area contributed by atoms with E-state index in [1.807, 2.05) is 0 Å². The standard InChI is InChI=1S/C7H16N.C5H5.Ru/c1-4-7-8(5-2)6-3;1-2-4-5-3-1;/h1,4-7H2,2-3H3;1-5H;. The molecule has 2 heteroatoms. The summed E-state index contributed by atoms with van der Waals surface area (Å²) in [6.07, 6.45) is 10.4. The fourth-order valence-electron chi connectivity index (χ4n) is 1.50. The number of hydrogen-bond acceptors (Lipinski definition) is 1. The van der Waals surface area contributed by atoms with Crippen LogP contribution in [0.25, 0.3) is 0 Å². The fourth-order valence-corrected chi connectivity index (χ4v) is 3.57. The molecule has 0 amide bonds. The van der Waals surface area contributed by atoms with Crippen molar-refractivity contribution in [3.8, 4) is 0 Å². The molecule has 0 unspecified atom stereocenters. The zero-order chi connectivity index (χ0) is 10.2. The first-order valence-electron chi connectivity index (χ1n) is 5.48. The number of rotatable bonds is 7. The monoisotopic (exact) mass is 281 g/mol. The first kappa shape index (κ1) is 12.1. The van der Waals surface area contributed by atoms with Gasteiger partial charge in [0.25, 0.3) is 0 Å². The van der Waals surface area contributed by atoms with Gasteiger partial charge >= 0.3 is 95.8 Å². The Morgan fingerprint density at radius 2 is 1.79 bits per heavy atom. The normalized spacial score (nSPS) is 16.2. The van der Waals surface area contributed by atoms with Crippen LogP contribution >= 0.6 is 0 Å². The van der Waals surface area contributed by atoms with Gasteiger partial charge in [0.2, 0.25) is 0 Å². The van der Waals surface area contributed by atoms with E-state index >= 15 is 0 Å². The van der Waals surface area contributed by atoms with Gasteiger partial charge in [0.1, 0.15) is 0 Å². The minimum atomic E-state index is 0.551. The Bertz CT molecular complexity index is 182. The molecule has 0 aliphatic heterocycles. The number of nitrogens with zero attached hydrogens (tertiary/aromatic N) is 1. The SMILES string of the molecule is CCN(CC)CC[CH2][Ru][CH]1C=CC=C1. The van der Waals surface area contributed by atoms with E-state index < -0.39 is 0 Å². The summed E-state index contributed by atoms with van der Waals surface area (Å²) in [5, 5.41) is 1.45. The molecular formula is C12H21NRu. The molecule has 0 aromatic rings. The van der Waals surface area contributed by atoms with Crippen molar-refractivity contribution < 1.29 is 17.1 Å². The second-order valence-corrected chi connectivity index (χ2v) is 6.14. The van der Waals surface area contributed by atoms with Crippen LogP contribution in [0, 0.1) is 0 Å². The van der Waals surface area contributed by atoms with Crippen LogP contribution in [0.1, 0.15) is 20.3 Å². The van der Waals surface area contributed by atoms with Crippen molar-refractivity contribution in [3.05, 3.63) is 24.3 Å². The molecule has 0 atom stereocenters. The van der Waals surface area contributed by atoms with Gasteiger partial charge in [-0.1, -0.05) is 0 Å². The van der Waals surface area contributed by atoms with Gasteiger partial charge in [-0.2, -0.15) is 0 Å². The summed E-state index contributed by atoms with van der Waals surface area (Å²) in [6.45, 7) is 8.20. The van der Waals surface area contributed by atoms with E-state index in [-0.39, 0.29) is 0 Å². The summed E-state index contributed by atoms with van der Waals surface area (Å²) in [5.41, 5.74) is 0. The van der Waals surface area contributed by atoms with Crippen LogP contribution in [0.3, 0.4) is 0 Å². The van der Waals surface area contributed by atoms with Crippen molar-refractivity contribution in [1.82, 2.24) is 4.90 Å². The molecule has 0 fully saturated rings. The molecule has 0 saturated heterocycles. The van der Waals surface area contributed by atoms with Crippen LogP contribution in [-0.2, 0) is 17.1 Å². The Morgan fingerprint density at radius 1 is 1.14 bits per heavy atom. The molecule has 1 rings (SSSR count). The van der Waals surface area contributed by atoms with E-state index in [4.69, 9.17) is 0 Å². The average molecular weight is 280 g/mol. The molecule has 0 saturated carbocycles. The quantitative estimate of drug-likeness (QED) is 0.511. The van der Waals surface area contributed by atoms with Crippen molar-refractivity contribution in [2.24, 2.45) is 0 Å². The molecule has 1 nitrogen and oxygen atoms in total. The van der Waals surface area contributed by atoms with Gasteiger partial charge in [-0.15, -0.1) is 0 Å². The van der Waals surface area contributed by atoms with E-state index in [1.165, 1.54) is 31.1 Å². The van der Waals surface area contributed by atoms with Crippen molar-refractivity contribution in [2.45, 2.75) is 29.8 Å². The van der Waals surface area contributed by atoms with Crippen LogP contribution in [0.15, 0.2) is 24.3 Å². The van der Waals surface area contributed by atoms with Gasteiger partial charge in [0.05, 0.1) is 0 Å². The first-order chi connectivity index (χ1) is 6.86. The third-order valence-electron chi connectivity index (χ3n) is 2.45. The molecule has 0 aromatic carbocycles. The van der Waals surface area contributed by atoms with Crippen molar-refractivity contribution in [2.75, 3.05) is 19.6 Å². The summed E-state index contributed by atoms with van der Waals surface area (Å²) in [6, 6.07) is 0. The molecule has 1 aliphatic rings. The third kappa shape index (κ3) is 4.53. The van der Waals surface area contributed by atoms with Crippen LogP contribution in [0.4, 0.5) is 0 Å². The van der Waals surface area contributed by atoms with Gasteiger partial charge in [-0.05, 0) is 0 Å². The molecule has 82 valence electrons. The van der Waals surface area contributed by atoms with Crippen molar-refractivity contribution in [1.29, 1.82) is 0 Å². The van der Waals surface area contributed by atoms with Gasteiger partial charge in [0.15, 0.2) is 0 Å². The molecule has 0 N–H and O–H groups in total. The second-order valence-electron chi connectivity index (χ2n) is 3.40. The Kier molecular flexibility index (Phi) is 6.39. The van der Waals surface area contributed by atoms with Crippen molar-refractivity contribution in [3.63, 3.8) is 0 Å². The number of allylic oxidation sites excluding steroid dienone is 4. The summed E-state index contributed by atoms with van der Waals surface area (Å²) in [7, 11) is 0. The topological polar surface area (TPSA) is 3.24 Å². The molecule has 14 heavy (non-hydrogen) atoms. The fraction of sp³-hybridized carbons (Fsp3) is 0.667. The summed E-state index contributed by atoms with van der Waals surface area (Å²) in [5.74, 6) is 0. The minimum absolute atomic E-state index is 0.551. The first-order valence-corrected chi connectivity index (χ1v) is 7.72. The molecule has 0 aromatic heterocycles. The second kappa shape index (κ2) is 7.37. The van der Waals surface area contributed by atoms with E-state index in [9.17, 15) is 0 Å². The molecule has 0 bridgehead atoms. The van der Waals surface area contributed by atoms with Gasteiger partial charge in [0, 0.05) is 0 Å². The Morgan fingerprint density at radius 3 is 2.36 bits per heavy atom.